The molecule has 0 aliphatic carbocycles. The number of pyridine rings is 1. The number of anilines is 1. The molecule has 1 aromatic heterocycles. The second-order valence-corrected chi connectivity index (χ2v) is 6.39. The molecule has 0 spiro atoms. The molecule has 2 rings (SSSR count). The van der Waals surface area contributed by atoms with Gasteiger partial charge in [-0.15, -0.1) is 0 Å². The van der Waals surface area contributed by atoms with Gasteiger partial charge in [-0.25, -0.2) is 8.42 Å². The smallest absolute Gasteiger partial charge is 0.232 e. The minimum atomic E-state index is -3.27. The average Bonchev–Trinajstić information content (AvgIpc) is 2.30. The van der Waals surface area contributed by atoms with Gasteiger partial charge in [-0.2, -0.15) is 0 Å². The van der Waals surface area contributed by atoms with Crippen molar-refractivity contribution in [2.75, 3.05) is 10.5 Å². The van der Waals surface area contributed by atoms with Gasteiger partial charge in [0.1, 0.15) is 0 Å². The maximum atomic E-state index is 11.6. The second-order valence-electron chi connectivity index (χ2n) is 3.53. The molecule has 0 saturated heterocycles. The summed E-state index contributed by atoms with van der Waals surface area (Å²) >= 11 is 3.39. The number of nitrogens with zero attached hydrogens (tertiary/aromatic N) is 1. The van der Waals surface area contributed by atoms with Gasteiger partial charge in [0.25, 0.3) is 0 Å². The zero-order valence-electron chi connectivity index (χ0n) is 9.14. The summed E-state index contributed by atoms with van der Waals surface area (Å²) in [5, 5.41) is 1.70. The summed E-state index contributed by atoms with van der Waals surface area (Å²) < 4.78 is 26.5. The first-order chi connectivity index (χ1) is 8.03. The number of halogens is 1. The van der Waals surface area contributed by atoms with Crippen LogP contribution in [0.25, 0.3) is 10.8 Å². The number of rotatable bonds is 3. The normalized spacial score (nSPS) is 11.6. The summed E-state index contributed by atoms with van der Waals surface area (Å²) in [5.74, 6) is 0.0464. The van der Waals surface area contributed by atoms with Crippen LogP contribution in [-0.4, -0.2) is 19.2 Å². The van der Waals surface area contributed by atoms with Gasteiger partial charge in [0.2, 0.25) is 10.0 Å². The standard InChI is InChI=1S/C11H11BrN2O2S/c1-2-17(15,16)14-11-5-3-4-8-9(11)6-13-7-10(8)12/h3-7,14H,2H2,1H3. The fourth-order valence-corrected chi connectivity index (χ4v) is 2.61. The van der Waals surface area contributed by atoms with E-state index in [1.165, 1.54) is 0 Å². The van der Waals surface area contributed by atoms with Crippen molar-refractivity contribution in [1.29, 1.82) is 0 Å². The van der Waals surface area contributed by atoms with Gasteiger partial charge in [-0.05, 0) is 28.9 Å². The fraction of sp³-hybridized carbons (Fsp3) is 0.182. The largest absolute Gasteiger partial charge is 0.283 e. The summed E-state index contributed by atoms with van der Waals surface area (Å²) in [6, 6.07) is 5.44. The lowest BCUT2D eigenvalue weighted by Gasteiger charge is -2.09. The van der Waals surface area contributed by atoms with Crippen molar-refractivity contribution < 1.29 is 8.42 Å². The number of aromatic nitrogens is 1. The van der Waals surface area contributed by atoms with Crippen molar-refractivity contribution in [2.45, 2.75) is 6.92 Å². The van der Waals surface area contributed by atoms with Gasteiger partial charge >= 0.3 is 0 Å². The van der Waals surface area contributed by atoms with Crippen molar-refractivity contribution in [3.8, 4) is 0 Å². The predicted octanol–water partition coefficient (Wildman–Crippen LogP) is 2.76. The van der Waals surface area contributed by atoms with Crippen molar-refractivity contribution in [1.82, 2.24) is 4.98 Å². The lowest BCUT2D eigenvalue weighted by atomic mass is 10.1. The molecule has 1 heterocycles. The molecule has 0 atom stereocenters. The van der Waals surface area contributed by atoms with E-state index in [1.54, 1.807) is 31.5 Å². The van der Waals surface area contributed by atoms with Crippen LogP contribution < -0.4 is 4.72 Å². The molecule has 0 saturated carbocycles. The third-order valence-corrected chi connectivity index (χ3v) is 4.32. The van der Waals surface area contributed by atoms with Crippen molar-refractivity contribution in [3.63, 3.8) is 0 Å². The Morgan fingerprint density at radius 3 is 2.76 bits per heavy atom. The Balaban J connectivity index is 2.60. The summed E-state index contributed by atoms with van der Waals surface area (Å²) in [6.45, 7) is 1.60. The molecule has 0 fully saturated rings. The Morgan fingerprint density at radius 2 is 2.06 bits per heavy atom. The van der Waals surface area contributed by atoms with E-state index in [2.05, 4.69) is 25.6 Å². The van der Waals surface area contributed by atoms with Gasteiger partial charge in [0, 0.05) is 27.6 Å². The molecule has 17 heavy (non-hydrogen) atoms. The van der Waals surface area contributed by atoms with E-state index in [9.17, 15) is 8.42 Å². The molecule has 0 unspecified atom stereocenters. The first-order valence-electron chi connectivity index (χ1n) is 5.06. The van der Waals surface area contributed by atoms with Gasteiger partial charge in [0.05, 0.1) is 11.4 Å². The van der Waals surface area contributed by atoms with Crippen LogP contribution in [0.15, 0.2) is 35.1 Å². The molecule has 0 aliphatic heterocycles. The molecule has 6 heteroatoms. The summed E-state index contributed by atoms with van der Waals surface area (Å²) in [7, 11) is -3.27. The van der Waals surface area contributed by atoms with Crippen LogP contribution in [0.3, 0.4) is 0 Å². The Morgan fingerprint density at radius 1 is 1.29 bits per heavy atom. The van der Waals surface area contributed by atoms with Crippen LogP contribution in [-0.2, 0) is 10.0 Å². The van der Waals surface area contributed by atoms with Gasteiger partial charge in [-0.1, -0.05) is 12.1 Å². The molecule has 4 nitrogen and oxygen atoms in total. The maximum absolute atomic E-state index is 11.6. The lowest BCUT2D eigenvalue weighted by molar-refractivity contribution is 0.602. The molecule has 1 N–H and O–H groups in total. The number of hydrogen-bond acceptors (Lipinski definition) is 3. The summed E-state index contributed by atoms with van der Waals surface area (Å²) in [6.07, 6.45) is 3.33. The third kappa shape index (κ3) is 2.58. The van der Waals surface area contributed by atoms with Crippen LogP contribution in [0, 0.1) is 0 Å². The minimum Gasteiger partial charge on any atom is -0.283 e. The van der Waals surface area contributed by atoms with Crippen molar-refractivity contribution in [3.05, 3.63) is 35.1 Å². The number of sulfonamides is 1. The zero-order chi connectivity index (χ0) is 12.5. The number of nitrogens with one attached hydrogen (secondary N) is 1. The monoisotopic (exact) mass is 314 g/mol. The van der Waals surface area contributed by atoms with E-state index in [0.717, 1.165) is 15.2 Å². The van der Waals surface area contributed by atoms with Crippen LogP contribution in [0.4, 0.5) is 5.69 Å². The molecule has 1 aromatic carbocycles. The summed E-state index contributed by atoms with van der Waals surface area (Å²) in [5.41, 5.74) is 0.554. The van der Waals surface area contributed by atoms with E-state index in [1.807, 2.05) is 6.07 Å². The van der Waals surface area contributed by atoms with E-state index >= 15 is 0 Å². The zero-order valence-corrected chi connectivity index (χ0v) is 11.5. The van der Waals surface area contributed by atoms with Gasteiger partial charge in [-0.3, -0.25) is 9.71 Å². The Labute approximate surface area is 108 Å². The van der Waals surface area contributed by atoms with Crippen LogP contribution in [0.5, 0.6) is 0 Å². The minimum absolute atomic E-state index is 0.0464. The number of benzene rings is 1. The molecule has 0 aliphatic rings. The number of fused-ring (bicyclic) bond motifs is 1. The summed E-state index contributed by atoms with van der Waals surface area (Å²) in [4.78, 5) is 4.05. The molecule has 0 bridgehead atoms. The Kier molecular flexibility index (Phi) is 3.35. The Bertz CT molecular complexity index is 656. The SMILES string of the molecule is CCS(=O)(=O)Nc1cccc2c(Br)cncc12. The van der Waals surface area contributed by atoms with Crippen LogP contribution in [0.1, 0.15) is 6.92 Å². The predicted molar refractivity (Wildman–Crippen MR) is 72.5 cm³/mol. The molecule has 0 radical (unpaired) electrons. The van der Waals surface area contributed by atoms with E-state index in [0.29, 0.717) is 5.69 Å². The third-order valence-electron chi connectivity index (χ3n) is 2.40. The van der Waals surface area contributed by atoms with Gasteiger partial charge in [0.15, 0.2) is 0 Å². The maximum Gasteiger partial charge on any atom is 0.232 e. The quantitative estimate of drug-likeness (QED) is 0.947. The average molecular weight is 315 g/mol. The highest BCUT2D eigenvalue weighted by Crippen LogP contribution is 2.28. The highest BCUT2D eigenvalue weighted by molar-refractivity contribution is 9.10. The van der Waals surface area contributed by atoms with Crippen molar-refractivity contribution in [2.24, 2.45) is 0 Å². The lowest BCUT2D eigenvalue weighted by Crippen LogP contribution is -2.14. The molecule has 90 valence electrons. The first kappa shape index (κ1) is 12.3. The Hall–Kier alpha value is -1.14. The topological polar surface area (TPSA) is 59.1 Å². The molecular weight excluding hydrogens is 304 g/mol. The highest BCUT2D eigenvalue weighted by atomic mass is 79.9. The van der Waals surface area contributed by atoms with E-state index in [-0.39, 0.29) is 5.75 Å². The first-order valence-corrected chi connectivity index (χ1v) is 7.51. The highest BCUT2D eigenvalue weighted by Gasteiger charge is 2.10. The molecule has 2 aromatic rings. The molecule has 0 amide bonds. The second kappa shape index (κ2) is 4.62. The van der Waals surface area contributed by atoms with E-state index in [4.69, 9.17) is 0 Å². The number of hydrogen-bond donors (Lipinski definition) is 1. The fourth-order valence-electron chi connectivity index (χ4n) is 1.49. The van der Waals surface area contributed by atoms with E-state index < -0.39 is 10.0 Å². The molecular formula is C11H11BrN2O2S. The van der Waals surface area contributed by atoms with Gasteiger partial charge < -0.3 is 0 Å². The van der Waals surface area contributed by atoms with Crippen LogP contribution in [0.2, 0.25) is 0 Å². The van der Waals surface area contributed by atoms with Crippen LogP contribution >= 0.6 is 15.9 Å². The van der Waals surface area contributed by atoms with Crippen molar-refractivity contribution >= 4 is 42.4 Å².